The minimum Gasteiger partial charge on any atom is -0.355 e. The van der Waals surface area contributed by atoms with E-state index in [1.807, 2.05) is 0 Å². The van der Waals surface area contributed by atoms with Gasteiger partial charge < -0.3 is 4.98 Å². The fourth-order valence-corrected chi connectivity index (χ4v) is 2.43. The monoisotopic (exact) mass is 243 g/mol. The average Bonchev–Trinajstić information content (AvgIpc) is 2.75. The van der Waals surface area contributed by atoms with Crippen molar-refractivity contribution < 1.29 is 0 Å². The van der Waals surface area contributed by atoms with Crippen LogP contribution in [-0.4, -0.2) is 4.98 Å². The van der Waals surface area contributed by atoms with Crippen LogP contribution in [0.2, 0.25) is 0 Å². The van der Waals surface area contributed by atoms with E-state index in [0.29, 0.717) is 0 Å². The van der Waals surface area contributed by atoms with Crippen molar-refractivity contribution in [3.63, 3.8) is 0 Å². The molecule has 86 valence electrons. The first-order chi connectivity index (χ1) is 8.29. The molecule has 0 aliphatic heterocycles. The highest BCUT2D eigenvalue weighted by atomic mass is 35.5. The Bertz CT molecular complexity index is 669. The Kier molecular flexibility index (Phi) is 2.56. The zero-order valence-corrected chi connectivity index (χ0v) is 10.5. The van der Waals surface area contributed by atoms with E-state index in [0.717, 1.165) is 6.42 Å². The summed E-state index contributed by atoms with van der Waals surface area (Å²) in [5.41, 5.74) is 3.56. The average molecular weight is 244 g/mol. The van der Waals surface area contributed by atoms with Crippen LogP contribution >= 0.6 is 11.6 Å². The lowest BCUT2D eigenvalue weighted by molar-refractivity contribution is 0.885. The summed E-state index contributed by atoms with van der Waals surface area (Å²) in [7, 11) is 0. The van der Waals surface area contributed by atoms with Crippen molar-refractivity contribution >= 4 is 33.4 Å². The Balaban J connectivity index is 2.30. The maximum absolute atomic E-state index is 6.30. The summed E-state index contributed by atoms with van der Waals surface area (Å²) in [6, 6.07) is 14.8. The molecule has 17 heavy (non-hydrogen) atoms. The van der Waals surface area contributed by atoms with Crippen LogP contribution in [0.15, 0.2) is 42.5 Å². The van der Waals surface area contributed by atoms with Crippen LogP contribution in [0.25, 0.3) is 21.8 Å². The van der Waals surface area contributed by atoms with Gasteiger partial charge in [-0.25, -0.2) is 0 Å². The Morgan fingerprint density at radius 1 is 1.06 bits per heavy atom. The summed E-state index contributed by atoms with van der Waals surface area (Å²) in [4.78, 5) is 3.42. The van der Waals surface area contributed by atoms with Gasteiger partial charge in [-0.3, -0.25) is 0 Å². The van der Waals surface area contributed by atoms with Crippen LogP contribution in [-0.2, 0) is 0 Å². The van der Waals surface area contributed by atoms with Gasteiger partial charge in [-0.15, -0.1) is 11.6 Å². The SMILES string of the molecule is CCC(Cl)c1ccc2[nH]c3ccccc3c2c1. The highest BCUT2D eigenvalue weighted by Gasteiger charge is 2.08. The topological polar surface area (TPSA) is 15.8 Å². The number of alkyl halides is 1. The molecule has 0 aliphatic carbocycles. The molecule has 0 amide bonds. The highest BCUT2D eigenvalue weighted by molar-refractivity contribution is 6.21. The Morgan fingerprint density at radius 3 is 2.65 bits per heavy atom. The van der Waals surface area contributed by atoms with Crippen molar-refractivity contribution in [1.29, 1.82) is 0 Å². The quantitative estimate of drug-likeness (QED) is 0.609. The van der Waals surface area contributed by atoms with Crippen molar-refractivity contribution in [3.05, 3.63) is 48.0 Å². The second-order valence-corrected chi connectivity index (χ2v) is 4.88. The molecule has 1 N–H and O–H groups in total. The lowest BCUT2D eigenvalue weighted by Crippen LogP contribution is -1.87. The molecular formula is C15H14ClN. The van der Waals surface area contributed by atoms with E-state index in [2.05, 4.69) is 54.4 Å². The van der Waals surface area contributed by atoms with Gasteiger partial charge in [0.25, 0.3) is 0 Å². The molecule has 0 radical (unpaired) electrons. The first kappa shape index (κ1) is 10.7. The summed E-state index contributed by atoms with van der Waals surface area (Å²) in [6.45, 7) is 2.11. The van der Waals surface area contributed by atoms with Crippen LogP contribution in [0, 0.1) is 0 Å². The second kappa shape index (κ2) is 4.08. The van der Waals surface area contributed by atoms with Crippen molar-refractivity contribution in [2.75, 3.05) is 0 Å². The largest absolute Gasteiger partial charge is 0.355 e. The fraction of sp³-hybridized carbons (Fsp3) is 0.200. The minimum absolute atomic E-state index is 0.105. The number of aromatic amines is 1. The van der Waals surface area contributed by atoms with Gasteiger partial charge in [-0.2, -0.15) is 0 Å². The molecule has 0 bridgehead atoms. The summed E-state index contributed by atoms with van der Waals surface area (Å²) < 4.78 is 0. The maximum Gasteiger partial charge on any atom is 0.0582 e. The van der Waals surface area contributed by atoms with Crippen LogP contribution in [0.1, 0.15) is 24.3 Å². The molecule has 2 aromatic carbocycles. The molecule has 1 nitrogen and oxygen atoms in total. The molecule has 1 atom stereocenters. The van der Waals surface area contributed by atoms with E-state index in [9.17, 15) is 0 Å². The summed E-state index contributed by atoms with van der Waals surface area (Å²) in [6.07, 6.45) is 0.954. The number of H-pyrrole nitrogens is 1. The predicted octanol–water partition coefficient (Wildman–Crippen LogP) is 5.01. The van der Waals surface area contributed by atoms with Crippen LogP contribution in [0.5, 0.6) is 0 Å². The molecule has 0 spiro atoms. The van der Waals surface area contributed by atoms with E-state index in [1.54, 1.807) is 0 Å². The van der Waals surface area contributed by atoms with Gasteiger partial charge in [0.15, 0.2) is 0 Å². The number of aromatic nitrogens is 1. The molecule has 1 aromatic heterocycles. The van der Waals surface area contributed by atoms with Crippen LogP contribution in [0.4, 0.5) is 0 Å². The number of para-hydroxylation sites is 1. The molecule has 2 heteroatoms. The summed E-state index contributed by atoms with van der Waals surface area (Å²) >= 11 is 6.30. The third-order valence-electron chi connectivity index (χ3n) is 3.25. The third-order valence-corrected chi connectivity index (χ3v) is 3.81. The summed E-state index contributed by atoms with van der Waals surface area (Å²) in [5, 5.41) is 2.63. The number of benzene rings is 2. The number of fused-ring (bicyclic) bond motifs is 3. The third kappa shape index (κ3) is 1.71. The van der Waals surface area contributed by atoms with E-state index < -0.39 is 0 Å². The molecule has 0 saturated heterocycles. The Labute approximate surface area is 105 Å². The lowest BCUT2D eigenvalue weighted by Gasteiger charge is -2.06. The fourth-order valence-electron chi connectivity index (χ4n) is 2.30. The Hall–Kier alpha value is -1.47. The van der Waals surface area contributed by atoms with E-state index >= 15 is 0 Å². The zero-order valence-electron chi connectivity index (χ0n) is 9.70. The second-order valence-electron chi connectivity index (χ2n) is 4.35. The normalized spacial score (nSPS) is 13.3. The molecular weight excluding hydrogens is 230 g/mol. The predicted molar refractivity (Wildman–Crippen MR) is 74.7 cm³/mol. The zero-order chi connectivity index (χ0) is 11.8. The van der Waals surface area contributed by atoms with Gasteiger partial charge in [0.1, 0.15) is 0 Å². The number of nitrogens with one attached hydrogen (secondary N) is 1. The first-order valence-corrected chi connectivity index (χ1v) is 6.37. The Morgan fingerprint density at radius 2 is 1.82 bits per heavy atom. The van der Waals surface area contributed by atoms with Crippen LogP contribution < -0.4 is 0 Å². The van der Waals surface area contributed by atoms with E-state index in [-0.39, 0.29) is 5.38 Å². The lowest BCUT2D eigenvalue weighted by atomic mass is 10.1. The smallest absolute Gasteiger partial charge is 0.0582 e. The number of halogens is 1. The van der Waals surface area contributed by atoms with Gasteiger partial charge in [0.05, 0.1) is 5.38 Å². The molecule has 0 saturated carbocycles. The first-order valence-electron chi connectivity index (χ1n) is 5.94. The molecule has 3 rings (SSSR count). The van der Waals surface area contributed by atoms with E-state index in [1.165, 1.54) is 27.4 Å². The standard InChI is InChI=1S/C15H14ClN/c1-2-13(16)10-7-8-15-12(9-10)11-5-3-4-6-14(11)17-15/h3-9,13,17H,2H2,1H3. The van der Waals surface area contributed by atoms with Gasteiger partial charge in [-0.05, 0) is 30.2 Å². The molecule has 1 heterocycles. The van der Waals surface area contributed by atoms with Gasteiger partial charge in [0.2, 0.25) is 0 Å². The number of hydrogen-bond donors (Lipinski definition) is 1. The van der Waals surface area contributed by atoms with E-state index in [4.69, 9.17) is 11.6 Å². The van der Waals surface area contributed by atoms with Crippen molar-refractivity contribution in [2.24, 2.45) is 0 Å². The van der Waals surface area contributed by atoms with Gasteiger partial charge in [-0.1, -0.05) is 31.2 Å². The molecule has 3 aromatic rings. The van der Waals surface area contributed by atoms with Gasteiger partial charge in [0, 0.05) is 21.8 Å². The van der Waals surface area contributed by atoms with Crippen LogP contribution in [0.3, 0.4) is 0 Å². The molecule has 1 unspecified atom stereocenters. The van der Waals surface area contributed by atoms with Gasteiger partial charge >= 0.3 is 0 Å². The highest BCUT2D eigenvalue weighted by Crippen LogP contribution is 2.30. The number of hydrogen-bond acceptors (Lipinski definition) is 0. The van der Waals surface area contributed by atoms with Crippen molar-refractivity contribution in [2.45, 2.75) is 18.7 Å². The van der Waals surface area contributed by atoms with Crippen molar-refractivity contribution in [3.8, 4) is 0 Å². The maximum atomic E-state index is 6.30. The molecule has 0 fully saturated rings. The van der Waals surface area contributed by atoms with Crippen molar-refractivity contribution in [1.82, 2.24) is 4.98 Å². The number of rotatable bonds is 2. The summed E-state index contributed by atoms with van der Waals surface area (Å²) in [5.74, 6) is 0. The molecule has 0 aliphatic rings. The minimum atomic E-state index is 0.105.